The molecule has 0 spiro atoms. The van der Waals surface area contributed by atoms with E-state index in [1.165, 1.54) is 16.2 Å². The van der Waals surface area contributed by atoms with E-state index in [-0.39, 0.29) is 68.6 Å². The molecule has 0 fully saturated rings. The number of hydrogen-bond acceptors (Lipinski definition) is 1. The maximum absolute atomic E-state index is 8.17. The molecule has 0 rings (SSSR count). The largest absolute Gasteiger partial charge is 0.0125 e. The summed E-state index contributed by atoms with van der Waals surface area (Å²) in [7, 11) is 0. The van der Waals surface area contributed by atoms with Crippen molar-refractivity contribution < 1.29 is 23.7 Å². The topological polar surface area (TPSA) is 17.1 Å². The quantitative estimate of drug-likeness (QED) is 0.392. The molecule has 0 aliphatic carbocycles. The van der Waals surface area contributed by atoms with Crippen molar-refractivity contribution in [3.8, 4) is 0 Å². The fraction of sp³-hybridized carbons (Fsp3) is 0. The van der Waals surface area contributed by atoms with Crippen LogP contribution in [0.5, 0.6) is 0 Å². The zero-order valence-electron chi connectivity index (χ0n) is 5.05. The average molecular weight is 172 g/mol. The Labute approximate surface area is 87.4 Å². The molecule has 0 aromatic heterocycles. The van der Waals surface area contributed by atoms with Gasteiger partial charge in [-0.2, -0.15) is 0 Å². The molecule has 0 amide bonds. The minimum Gasteiger partial charge on any atom is -0.0125 e. The van der Waals surface area contributed by atoms with Crippen LogP contribution in [0.4, 0.5) is 0 Å². The average Bonchev–Trinajstić information content (AvgIpc) is 1.00. The molecule has 0 bridgehead atoms. The first-order valence-corrected chi connectivity index (χ1v) is 0.707. The van der Waals surface area contributed by atoms with E-state index < -0.39 is 0 Å². The van der Waals surface area contributed by atoms with Crippen molar-refractivity contribution in [1.82, 2.24) is 0 Å². The van der Waals surface area contributed by atoms with E-state index in [0.29, 0.717) is 0 Å². The Morgan fingerprint density at radius 1 is 1.40 bits per heavy atom. The Bertz CT molecular complexity index is 17.7. The van der Waals surface area contributed by atoms with Gasteiger partial charge < -0.3 is 2.85 Å². The zero-order chi connectivity index (χ0) is 2.00. The molecule has 0 aliphatic rings. The molecule has 0 saturated heterocycles. The predicted molar refractivity (Wildman–Crippen MR) is 24.4 cm³/mol. The molecule has 0 N–H and O–H groups in total. The predicted octanol–water partition coefficient (Wildman–Crippen LogP) is -1.84. The third-order valence-corrected chi connectivity index (χ3v) is 0. The van der Waals surface area contributed by atoms with Crippen LogP contribution in [0.15, 0.2) is 0 Å². The molecule has 2 radical (unpaired) electrons. The zero-order valence-corrected chi connectivity index (χ0v) is 9.51. The maximum atomic E-state index is 8.17. The van der Waals surface area contributed by atoms with Crippen molar-refractivity contribution in [2.75, 3.05) is 0 Å². The van der Waals surface area contributed by atoms with Gasteiger partial charge in [-0.25, -0.2) is 0 Å². The Balaban J connectivity index is -0.000000000500. The van der Waals surface area contributed by atoms with Gasteiger partial charge in [-0.15, -0.1) is 0 Å². The summed E-state index contributed by atoms with van der Waals surface area (Å²) in [4.78, 5) is 0. The second-order valence-corrected chi connectivity index (χ2v) is 0. The molecule has 0 saturated carbocycles. The Kier molecular flexibility index (Phi) is 176. The summed E-state index contributed by atoms with van der Waals surface area (Å²) in [6, 6.07) is 0. The molecule has 5 heavy (non-hydrogen) atoms. The molecular formula is H5AlCaFeOSi. The summed E-state index contributed by atoms with van der Waals surface area (Å²) < 4.78 is 8.17. The van der Waals surface area contributed by atoms with E-state index in [1.807, 2.05) is 0 Å². The molecule has 1 nitrogen and oxygen atoms in total. The van der Waals surface area contributed by atoms with Crippen molar-refractivity contribution in [3.05, 3.63) is 0 Å². The van der Waals surface area contributed by atoms with Crippen LogP contribution in [0, 0.1) is 0 Å². The molecule has 5 heteroatoms. The summed E-state index contributed by atoms with van der Waals surface area (Å²) in [5, 5.41) is 0. The van der Waals surface area contributed by atoms with Crippen LogP contribution in [-0.2, 0) is 20.9 Å². The van der Waals surface area contributed by atoms with E-state index in [4.69, 9.17) is 3.80 Å². The van der Waals surface area contributed by atoms with Gasteiger partial charge >= 0.3 is 57.8 Å². The molecule has 0 aliphatic heterocycles. The van der Waals surface area contributed by atoms with Gasteiger partial charge in [0.25, 0.3) is 0 Å². The number of hydrogen-bond donors (Lipinski definition) is 0. The summed E-state index contributed by atoms with van der Waals surface area (Å²) >= 11 is 1.17. The van der Waals surface area contributed by atoms with Gasteiger partial charge in [0.15, 0.2) is 0 Å². The molecule has 0 aromatic rings. The molecular weight excluding hydrogens is 167 g/mol. The van der Waals surface area contributed by atoms with E-state index in [0.717, 1.165) is 0 Å². The van der Waals surface area contributed by atoms with Gasteiger partial charge in [0, 0.05) is 17.1 Å². The second-order valence-electron chi connectivity index (χ2n) is 0. The van der Waals surface area contributed by atoms with Crippen molar-refractivity contribution in [3.63, 3.8) is 0 Å². The van der Waals surface area contributed by atoms with Gasteiger partial charge in [-0.1, -0.05) is 0 Å². The number of rotatable bonds is 0. The third kappa shape index (κ3) is 21.9. The summed E-state index contributed by atoms with van der Waals surface area (Å²) in [5.41, 5.74) is 0. The standard InChI is InChI=1S/Al.Ca.Fe.O.H3Si.2H/h;;;;1H3;;/q;+2;;;;2*-1. The Hall–Kier alpha value is 2.33. The van der Waals surface area contributed by atoms with Crippen LogP contribution in [0.2, 0.25) is 0 Å². The Morgan fingerprint density at radius 2 is 1.40 bits per heavy atom. The van der Waals surface area contributed by atoms with Crippen LogP contribution in [0.25, 0.3) is 0 Å². The monoisotopic (exact) mass is 172 g/mol. The van der Waals surface area contributed by atoms with E-state index in [9.17, 15) is 0 Å². The summed E-state index contributed by atoms with van der Waals surface area (Å²) in [5.74, 6) is 0. The summed E-state index contributed by atoms with van der Waals surface area (Å²) in [6.45, 7) is 0. The summed E-state index contributed by atoms with van der Waals surface area (Å²) in [6.07, 6.45) is 0. The minimum absolute atomic E-state index is 0. The second kappa shape index (κ2) is 33.1. The van der Waals surface area contributed by atoms with Crippen LogP contribution >= 0.6 is 0 Å². The van der Waals surface area contributed by atoms with Gasteiger partial charge in [0.05, 0.1) is 0 Å². The van der Waals surface area contributed by atoms with Gasteiger partial charge in [-0.05, 0) is 11.0 Å². The van der Waals surface area contributed by atoms with Crippen LogP contribution in [0.3, 0.4) is 0 Å². The first kappa shape index (κ1) is 26.5. The molecule has 28 valence electrons. The fourth-order valence-corrected chi connectivity index (χ4v) is 0. The smallest absolute Gasteiger partial charge is 0.0125 e. The van der Waals surface area contributed by atoms with Crippen molar-refractivity contribution in [1.29, 1.82) is 0 Å². The van der Waals surface area contributed by atoms with E-state index in [1.54, 1.807) is 0 Å². The van der Waals surface area contributed by atoms with Crippen molar-refractivity contribution >= 4 is 64.9 Å². The first-order chi connectivity index (χ1) is 1.00. The Morgan fingerprint density at radius 3 is 1.40 bits per heavy atom. The van der Waals surface area contributed by atoms with Crippen molar-refractivity contribution in [2.24, 2.45) is 0 Å². The fourth-order valence-electron chi connectivity index (χ4n) is 0. The van der Waals surface area contributed by atoms with E-state index >= 15 is 0 Å². The molecule has 0 aromatic carbocycles. The SMILES string of the molecule is [Ca+2].[Fe].[H-].[H-].[O]=[Al].[SiH3]. The molecule has 0 heterocycles. The van der Waals surface area contributed by atoms with Crippen LogP contribution in [-0.4, -0.2) is 64.9 Å². The van der Waals surface area contributed by atoms with Crippen LogP contribution < -0.4 is 0 Å². The minimum atomic E-state index is 0. The van der Waals surface area contributed by atoms with Gasteiger partial charge in [0.2, 0.25) is 0 Å². The molecule has 0 atom stereocenters. The third-order valence-electron chi connectivity index (χ3n) is 0. The van der Waals surface area contributed by atoms with E-state index in [2.05, 4.69) is 0 Å². The molecule has 0 unspecified atom stereocenters. The van der Waals surface area contributed by atoms with Gasteiger partial charge in [0.1, 0.15) is 0 Å². The van der Waals surface area contributed by atoms with Gasteiger partial charge in [-0.3, -0.25) is 0 Å². The van der Waals surface area contributed by atoms with Crippen molar-refractivity contribution in [2.45, 2.75) is 0 Å². The first-order valence-electron chi connectivity index (χ1n) is 0.236. The normalized spacial score (nSPS) is 0.600. The van der Waals surface area contributed by atoms with Crippen LogP contribution in [0.1, 0.15) is 2.85 Å². The maximum Gasteiger partial charge on any atom is -0.0125 e.